The number of nitrogens with zero attached hydrogens (tertiary/aromatic N) is 1. The topological polar surface area (TPSA) is 49.8 Å². The van der Waals surface area contributed by atoms with Crippen LogP contribution < -0.4 is 5.73 Å². The Kier molecular flexibility index (Phi) is 3.69. The van der Waals surface area contributed by atoms with Crippen molar-refractivity contribution in [2.75, 3.05) is 5.73 Å². The van der Waals surface area contributed by atoms with Gasteiger partial charge in [0.15, 0.2) is 0 Å². The van der Waals surface area contributed by atoms with Crippen molar-refractivity contribution in [3.63, 3.8) is 0 Å². The van der Waals surface area contributed by atoms with E-state index in [1.54, 1.807) is 0 Å². The predicted molar refractivity (Wildman–Crippen MR) is 75.9 cm³/mol. The molecule has 0 radical (unpaired) electrons. The van der Waals surface area contributed by atoms with Crippen LogP contribution in [0.2, 0.25) is 0 Å². The average Bonchev–Trinajstić information content (AvgIpc) is 2.64. The van der Waals surface area contributed by atoms with Gasteiger partial charge in [0.25, 0.3) is 0 Å². The minimum atomic E-state index is -0.313. The van der Waals surface area contributed by atoms with Gasteiger partial charge in [0.05, 0.1) is 5.69 Å². The van der Waals surface area contributed by atoms with E-state index in [0.717, 1.165) is 16.0 Å². The van der Waals surface area contributed by atoms with E-state index >= 15 is 0 Å². The molecule has 2 N–H and O–H groups in total. The van der Waals surface area contributed by atoms with Gasteiger partial charge in [-0.3, -0.25) is 0 Å². The summed E-state index contributed by atoms with van der Waals surface area (Å²) in [5, 5.41) is 9.00. The van der Waals surface area contributed by atoms with Gasteiger partial charge >= 0.3 is 0 Å². The van der Waals surface area contributed by atoms with Gasteiger partial charge in [-0.2, -0.15) is 5.26 Å². The molecule has 92 valence electrons. The Morgan fingerprint density at radius 1 is 1.44 bits per heavy atom. The standard InChI is InChI=1S/C13H10BrFN2S/c1-2-10-12(17)11(6-16)18-13(10)7-3-8(14)5-9(15)4-7/h3-5H,2,17H2,1H3. The highest BCUT2D eigenvalue weighted by atomic mass is 79.9. The van der Waals surface area contributed by atoms with E-state index in [0.29, 0.717) is 21.5 Å². The first kappa shape index (κ1) is 13.1. The maximum absolute atomic E-state index is 13.4. The first-order valence-corrected chi connectivity index (χ1v) is 6.95. The summed E-state index contributed by atoms with van der Waals surface area (Å²) in [5.74, 6) is -0.313. The minimum absolute atomic E-state index is 0.313. The highest BCUT2D eigenvalue weighted by Gasteiger charge is 2.16. The molecule has 0 fully saturated rings. The maximum atomic E-state index is 13.4. The number of hydrogen-bond donors (Lipinski definition) is 1. The molecule has 2 rings (SSSR count). The molecule has 0 aliphatic rings. The van der Waals surface area contributed by atoms with Crippen molar-refractivity contribution in [3.05, 3.63) is 38.9 Å². The van der Waals surface area contributed by atoms with Gasteiger partial charge in [-0.05, 0) is 35.7 Å². The van der Waals surface area contributed by atoms with Crippen LogP contribution in [-0.4, -0.2) is 0 Å². The van der Waals surface area contributed by atoms with E-state index in [2.05, 4.69) is 22.0 Å². The Bertz CT molecular complexity index is 623. The Balaban J connectivity index is 2.67. The van der Waals surface area contributed by atoms with E-state index in [4.69, 9.17) is 11.0 Å². The van der Waals surface area contributed by atoms with Crippen LogP contribution in [0.5, 0.6) is 0 Å². The highest BCUT2D eigenvalue weighted by molar-refractivity contribution is 9.10. The summed E-state index contributed by atoms with van der Waals surface area (Å²) in [6.45, 7) is 1.97. The lowest BCUT2D eigenvalue weighted by atomic mass is 10.1. The molecule has 0 aliphatic heterocycles. The fourth-order valence-corrected chi connectivity index (χ4v) is 3.39. The zero-order valence-corrected chi connectivity index (χ0v) is 12.0. The summed E-state index contributed by atoms with van der Waals surface area (Å²) < 4.78 is 14.1. The first-order valence-electron chi connectivity index (χ1n) is 5.34. The Morgan fingerprint density at radius 2 is 2.17 bits per heavy atom. The number of nitriles is 1. The maximum Gasteiger partial charge on any atom is 0.128 e. The lowest BCUT2D eigenvalue weighted by Gasteiger charge is -2.04. The number of anilines is 1. The summed E-state index contributed by atoms with van der Waals surface area (Å²) in [7, 11) is 0. The number of nitrogen functional groups attached to an aromatic ring is 1. The lowest BCUT2D eigenvalue weighted by Crippen LogP contribution is -1.91. The second-order valence-corrected chi connectivity index (χ2v) is 5.71. The van der Waals surface area contributed by atoms with E-state index < -0.39 is 0 Å². The molecule has 0 saturated carbocycles. The molecule has 0 saturated heterocycles. The molecule has 2 aromatic rings. The van der Waals surface area contributed by atoms with Crippen molar-refractivity contribution in [1.29, 1.82) is 5.26 Å². The molecular weight excluding hydrogens is 315 g/mol. The Morgan fingerprint density at radius 3 is 2.72 bits per heavy atom. The number of rotatable bonds is 2. The third kappa shape index (κ3) is 2.26. The van der Waals surface area contributed by atoms with Gasteiger partial charge < -0.3 is 5.73 Å². The largest absolute Gasteiger partial charge is 0.397 e. The van der Waals surface area contributed by atoms with Gasteiger partial charge in [0.2, 0.25) is 0 Å². The summed E-state index contributed by atoms with van der Waals surface area (Å²) in [6.07, 6.45) is 0.716. The van der Waals surface area contributed by atoms with Crippen LogP contribution in [0.15, 0.2) is 22.7 Å². The average molecular weight is 325 g/mol. The second kappa shape index (κ2) is 5.09. The number of hydrogen-bond acceptors (Lipinski definition) is 3. The van der Waals surface area contributed by atoms with E-state index in [-0.39, 0.29) is 5.82 Å². The van der Waals surface area contributed by atoms with E-state index in [1.807, 2.05) is 13.0 Å². The molecule has 0 bridgehead atoms. The summed E-state index contributed by atoms with van der Waals surface area (Å²) in [5.41, 5.74) is 8.09. The van der Waals surface area contributed by atoms with Crippen molar-refractivity contribution in [2.45, 2.75) is 13.3 Å². The molecule has 0 spiro atoms. The molecule has 0 aliphatic carbocycles. The third-order valence-electron chi connectivity index (χ3n) is 2.63. The van der Waals surface area contributed by atoms with Crippen LogP contribution in [0.4, 0.5) is 10.1 Å². The van der Waals surface area contributed by atoms with Crippen LogP contribution in [-0.2, 0) is 6.42 Å². The van der Waals surface area contributed by atoms with E-state index in [9.17, 15) is 4.39 Å². The number of benzene rings is 1. The molecule has 1 heterocycles. The molecule has 2 nitrogen and oxygen atoms in total. The van der Waals surface area contributed by atoms with Gasteiger partial charge in [-0.1, -0.05) is 22.9 Å². The summed E-state index contributed by atoms with van der Waals surface area (Å²) >= 11 is 4.58. The predicted octanol–water partition coefficient (Wildman–Crippen LogP) is 4.33. The quantitative estimate of drug-likeness (QED) is 0.893. The molecule has 18 heavy (non-hydrogen) atoms. The Hall–Kier alpha value is -1.38. The fraction of sp³-hybridized carbons (Fsp3) is 0.154. The van der Waals surface area contributed by atoms with Crippen LogP contribution in [0.3, 0.4) is 0 Å². The normalized spacial score (nSPS) is 10.3. The highest BCUT2D eigenvalue weighted by Crippen LogP contribution is 2.39. The van der Waals surface area contributed by atoms with Crippen LogP contribution >= 0.6 is 27.3 Å². The van der Waals surface area contributed by atoms with Crippen molar-refractivity contribution in [3.8, 4) is 16.5 Å². The molecule has 0 amide bonds. The molecule has 0 unspecified atom stereocenters. The van der Waals surface area contributed by atoms with Crippen molar-refractivity contribution in [1.82, 2.24) is 0 Å². The second-order valence-electron chi connectivity index (χ2n) is 3.78. The van der Waals surface area contributed by atoms with Gasteiger partial charge in [0.1, 0.15) is 16.8 Å². The monoisotopic (exact) mass is 324 g/mol. The van der Waals surface area contributed by atoms with Crippen molar-refractivity contribution < 1.29 is 4.39 Å². The lowest BCUT2D eigenvalue weighted by molar-refractivity contribution is 0.627. The number of halogens is 2. The Labute approximate surface area is 117 Å². The number of nitrogens with two attached hydrogens (primary N) is 1. The zero-order chi connectivity index (χ0) is 13.3. The minimum Gasteiger partial charge on any atom is -0.397 e. The smallest absolute Gasteiger partial charge is 0.128 e. The molecule has 1 aromatic heterocycles. The van der Waals surface area contributed by atoms with Crippen LogP contribution in [0, 0.1) is 17.1 Å². The third-order valence-corrected chi connectivity index (χ3v) is 4.29. The molecule has 1 aromatic carbocycles. The van der Waals surface area contributed by atoms with Crippen molar-refractivity contribution >= 4 is 33.0 Å². The van der Waals surface area contributed by atoms with Crippen LogP contribution in [0.25, 0.3) is 10.4 Å². The van der Waals surface area contributed by atoms with Crippen LogP contribution in [0.1, 0.15) is 17.4 Å². The number of thiophene rings is 1. The molecule has 0 atom stereocenters. The summed E-state index contributed by atoms with van der Waals surface area (Å²) in [4.78, 5) is 1.36. The fourth-order valence-electron chi connectivity index (χ4n) is 1.83. The van der Waals surface area contributed by atoms with E-state index in [1.165, 1.54) is 23.5 Å². The first-order chi connectivity index (χ1) is 8.56. The SMILES string of the molecule is CCc1c(-c2cc(F)cc(Br)c2)sc(C#N)c1N. The molecule has 5 heteroatoms. The van der Waals surface area contributed by atoms with Gasteiger partial charge in [0, 0.05) is 9.35 Å². The molecular formula is C13H10BrFN2S. The zero-order valence-electron chi connectivity index (χ0n) is 9.63. The summed E-state index contributed by atoms with van der Waals surface area (Å²) in [6, 6.07) is 6.76. The van der Waals surface area contributed by atoms with Gasteiger partial charge in [-0.15, -0.1) is 11.3 Å². The van der Waals surface area contributed by atoms with Gasteiger partial charge in [-0.25, -0.2) is 4.39 Å². The van der Waals surface area contributed by atoms with Crippen molar-refractivity contribution in [2.24, 2.45) is 0 Å².